The van der Waals surface area contributed by atoms with Crippen LogP contribution in [-0.4, -0.2) is 20.8 Å². The second kappa shape index (κ2) is 4.02. The molecule has 0 spiro atoms. The third kappa shape index (κ3) is 1.69. The van der Waals surface area contributed by atoms with Crippen molar-refractivity contribution < 1.29 is 9.18 Å². The highest BCUT2D eigenvalue weighted by molar-refractivity contribution is 6.35. The van der Waals surface area contributed by atoms with Crippen molar-refractivity contribution >= 4 is 17.4 Å². The molecule has 0 saturated carbocycles. The molecule has 82 valence electrons. The molecular formula is C10H7ClFN3O. The lowest BCUT2D eigenvalue weighted by atomic mass is 10.1. The van der Waals surface area contributed by atoms with E-state index in [1.807, 2.05) is 0 Å². The van der Waals surface area contributed by atoms with Crippen molar-refractivity contribution in [3.8, 4) is 0 Å². The summed E-state index contributed by atoms with van der Waals surface area (Å²) in [7, 11) is 1.58. The van der Waals surface area contributed by atoms with E-state index in [2.05, 4.69) is 10.3 Å². The molecule has 1 aromatic heterocycles. The Morgan fingerprint density at radius 1 is 1.50 bits per heavy atom. The number of nitrogens with zero attached hydrogens (tertiary/aromatic N) is 3. The number of rotatable bonds is 2. The summed E-state index contributed by atoms with van der Waals surface area (Å²) in [5.41, 5.74) is 0.361. The highest BCUT2D eigenvalue weighted by atomic mass is 35.5. The number of hydrogen-bond donors (Lipinski definition) is 0. The van der Waals surface area contributed by atoms with Gasteiger partial charge in [-0.05, 0) is 12.1 Å². The van der Waals surface area contributed by atoms with Gasteiger partial charge in [-0.3, -0.25) is 4.79 Å². The average Bonchev–Trinajstić information content (AvgIpc) is 2.68. The summed E-state index contributed by atoms with van der Waals surface area (Å²) in [6, 6.07) is 4.08. The molecule has 0 amide bonds. The topological polar surface area (TPSA) is 47.8 Å². The van der Waals surface area contributed by atoms with Crippen LogP contribution in [0.3, 0.4) is 0 Å². The smallest absolute Gasteiger partial charge is 0.214 e. The van der Waals surface area contributed by atoms with E-state index in [-0.39, 0.29) is 16.3 Å². The molecule has 0 saturated heterocycles. The minimum atomic E-state index is -0.623. The fourth-order valence-electron chi connectivity index (χ4n) is 1.31. The van der Waals surface area contributed by atoms with E-state index in [0.717, 1.165) is 0 Å². The minimum absolute atomic E-state index is 0.104. The Morgan fingerprint density at radius 2 is 2.25 bits per heavy atom. The van der Waals surface area contributed by atoms with E-state index < -0.39 is 11.6 Å². The van der Waals surface area contributed by atoms with Crippen molar-refractivity contribution in [1.29, 1.82) is 0 Å². The van der Waals surface area contributed by atoms with Crippen LogP contribution in [0.15, 0.2) is 24.4 Å². The summed E-state index contributed by atoms with van der Waals surface area (Å²) in [5.74, 6) is -1.03. The van der Waals surface area contributed by atoms with Gasteiger partial charge in [0.2, 0.25) is 5.78 Å². The molecule has 0 aliphatic heterocycles. The summed E-state index contributed by atoms with van der Waals surface area (Å²) >= 11 is 5.71. The predicted octanol–water partition coefficient (Wildman–Crippen LogP) is 1.84. The maximum absolute atomic E-state index is 13.2. The maximum Gasteiger partial charge on any atom is 0.214 e. The summed E-state index contributed by atoms with van der Waals surface area (Å²) in [5, 5.41) is 7.01. The van der Waals surface area contributed by atoms with Crippen LogP contribution in [0.2, 0.25) is 5.02 Å². The molecule has 0 bridgehead atoms. The van der Waals surface area contributed by atoms with Crippen LogP contribution in [0.25, 0.3) is 0 Å². The Hall–Kier alpha value is -1.75. The van der Waals surface area contributed by atoms with E-state index in [0.29, 0.717) is 0 Å². The molecule has 16 heavy (non-hydrogen) atoms. The zero-order chi connectivity index (χ0) is 11.7. The number of carbonyl (C=O) groups is 1. The maximum atomic E-state index is 13.2. The van der Waals surface area contributed by atoms with Crippen molar-refractivity contribution in [2.75, 3.05) is 0 Å². The molecule has 0 aliphatic rings. The molecule has 1 aromatic carbocycles. The van der Waals surface area contributed by atoms with Crippen LogP contribution >= 0.6 is 11.6 Å². The lowest BCUT2D eigenvalue weighted by Crippen LogP contribution is -2.09. The third-order valence-electron chi connectivity index (χ3n) is 2.14. The molecule has 2 aromatic rings. The number of carbonyl (C=O) groups excluding carboxylic acids is 1. The van der Waals surface area contributed by atoms with Gasteiger partial charge in [-0.1, -0.05) is 22.9 Å². The van der Waals surface area contributed by atoms with Crippen LogP contribution < -0.4 is 0 Å². The second-order valence-corrected chi connectivity index (χ2v) is 3.55. The fourth-order valence-corrected chi connectivity index (χ4v) is 1.52. The van der Waals surface area contributed by atoms with Gasteiger partial charge in [-0.15, -0.1) is 5.10 Å². The van der Waals surface area contributed by atoms with Crippen molar-refractivity contribution in [1.82, 2.24) is 15.0 Å². The number of ketones is 1. The van der Waals surface area contributed by atoms with Crippen molar-refractivity contribution in [2.45, 2.75) is 0 Å². The third-order valence-corrected chi connectivity index (χ3v) is 2.53. The lowest BCUT2D eigenvalue weighted by molar-refractivity contribution is 0.103. The number of benzene rings is 1. The van der Waals surface area contributed by atoms with Crippen molar-refractivity contribution in [3.63, 3.8) is 0 Å². The SMILES string of the molecule is Cn1nncc1C(=O)c1cccc(F)c1Cl. The predicted molar refractivity (Wildman–Crippen MR) is 55.8 cm³/mol. The van der Waals surface area contributed by atoms with Crippen molar-refractivity contribution in [2.24, 2.45) is 7.05 Å². The highest BCUT2D eigenvalue weighted by Gasteiger charge is 2.18. The van der Waals surface area contributed by atoms with Gasteiger partial charge in [0.25, 0.3) is 0 Å². The van der Waals surface area contributed by atoms with Gasteiger partial charge in [-0.25, -0.2) is 9.07 Å². The molecule has 2 rings (SSSR count). The van der Waals surface area contributed by atoms with Gasteiger partial charge in [0.1, 0.15) is 11.5 Å². The Labute approximate surface area is 95.6 Å². The van der Waals surface area contributed by atoms with E-state index in [1.54, 1.807) is 7.05 Å². The Morgan fingerprint density at radius 3 is 2.88 bits per heavy atom. The fraction of sp³-hybridized carbons (Fsp3) is 0.100. The van der Waals surface area contributed by atoms with Crippen LogP contribution in [0.1, 0.15) is 16.1 Å². The normalized spacial score (nSPS) is 10.4. The summed E-state index contributed by atoms with van der Waals surface area (Å²) in [4.78, 5) is 11.9. The Balaban J connectivity index is 2.50. The molecule has 0 N–H and O–H groups in total. The highest BCUT2D eigenvalue weighted by Crippen LogP contribution is 2.21. The first kappa shape index (κ1) is 10.8. The standard InChI is InChI=1S/C10H7ClFN3O/c1-15-8(5-13-14-15)10(16)6-3-2-4-7(12)9(6)11/h2-5H,1H3. The zero-order valence-electron chi connectivity index (χ0n) is 8.32. The van der Waals surface area contributed by atoms with Gasteiger partial charge in [0.15, 0.2) is 0 Å². The van der Waals surface area contributed by atoms with E-state index in [4.69, 9.17) is 11.6 Å². The molecule has 1 heterocycles. The first-order chi connectivity index (χ1) is 7.61. The molecule has 0 atom stereocenters. The quantitative estimate of drug-likeness (QED) is 0.752. The largest absolute Gasteiger partial charge is 0.287 e. The molecule has 0 fully saturated rings. The van der Waals surface area contributed by atoms with Gasteiger partial charge >= 0.3 is 0 Å². The first-order valence-corrected chi connectivity index (χ1v) is 4.82. The van der Waals surface area contributed by atoms with Gasteiger partial charge in [-0.2, -0.15) is 0 Å². The second-order valence-electron chi connectivity index (χ2n) is 3.17. The average molecular weight is 240 g/mol. The monoisotopic (exact) mass is 239 g/mol. The van der Waals surface area contributed by atoms with Gasteiger partial charge in [0, 0.05) is 12.6 Å². The minimum Gasteiger partial charge on any atom is -0.287 e. The van der Waals surface area contributed by atoms with E-state index in [9.17, 15) is 9.18 Å². The van der Waals surface area contributed by atoms with Gasteiger partial charge in [0.05, 0.1) is 11.2 Å². The zero-order valence-corrected chi connectivity index (χ0v) is 9.07. The van der Waals surface area contributed by atoms with E-state index in [1.165, 1.54) is 29.1 Å². The molecule has 0 unspecified atom stereocenters. The number of halogens is 2. The van der Waals surface area contributed by atoms with Crippen LogP contribution in [-0.2, 0) is 7.05 Å². The van der Waals surface area contributed by atoms with Gasteiger partial charge < -0.3 is 0 Å². The lowest BCUT2D eigenvalue weighted by Gasteiger charge is -2.03. The summed E-state index contributed by atoms with van der Waals surface area (Å²) in [6.45, 7) is 0. The number of hydrogen-bond acceptors (Lipinski definition) is 3. The molecular weight excluding hydrogens is 233 g/mol. The molecule has 0 radical (unpaired) electrons. The van der Waals surface area contributed by atoms with Crippen LogP contribution in [0.5, 0.6) is 0 Å². The molecule has 6 heteroatoms. The van der Waals surface area contributed by atoms with Crippen LogP contribution in [0, 0.1) is 5.82 Å². The van der Waals surface area contributed by atoms with Crippen LogP contribution in [0.4, 0.5) is 4.39 Å². The van der Waals surface area contributed by atoms with E-state index >= 15 is 0 Å². The number of aryl methyl sites for hydroxylation is 1. The van der Waals surface area contributed by atoms with Crippen molar-refractivity contribution in [3.05, 3.63) is 46.5 Å². The Bertz CT molecular complexity index is 553. The first-order valence-electron chi connectivity index (χ1n) is 4.44. The Kier molecular flexibility index (Phi) is 2.70. The summed E-state index contributed by atoms with van der Waals surface area (Å²) in [6.07, 6.45) is 1.31. The summed E-state index contributed by atoms with van der Waals surface area (Å²) < 4.78 is 14.5. The number of aromatic nitrogens is 3. The molecule has 4 nitrogen and oxygen atoms in total. The molecule has 0 aliphatic carbocycles.